The van der Waals surface area contributed by atoms with Gasteiger partial charge in [-0.15, -0.1) is 0 Å². The van der Waals surface area contributed by atoms with E-state index in [0.717, 1.165) is 29.5 Å². The summed E-state index contributed by atoms with van der Waals surface area (Å²) in [6, 6.07) is 14.5. The summed E-state index contributed by atoms with van der Waals surface area (Å²) in [6.45, 7) is 4.15. The summed E-state index contributed by atoms with van der Waals surface area (Å²) in [5, 5.41) is 5.40. The summed E-state index contributed by atoms with van der Waals surface area (Å²) < 4.78 is 40.4. The number of hydrogen-bond donors (Lipinski definition) is 0. The minimum atomic E-state index is -3.68. The number of carbonyl (C=O) groups is 1. The standard InChI is InChI=1S/C30H32ClN3O5S/c1-5-24-26(20-9-10-20)25(34(40(4,36)37)17-19-7-15-23(38-3)16-8-19)18-33-29(24)27(30(35)39-6-2)28(32-33)21-11-13-22(31)14-12-21/h7-8,11-16,18,20H,5-6,9-10,17H2,1-4H3. The fraction of sp³-hybridized carbons (Fsp3) is 0.333. The molecular weight excluding hydrogens is 550 g/mol. The summed E-state index contributed by atoms with van der Waals surface area (Å²) in [6.07, 6.45) is 5.44. The molecule has 2 heterocycles. The second kappa shape index (κ2) is 11.1. The summed E-state index contributed by atoms with van der Waals surface area (Å²) in [5.41, 5.74) is 5.44. The van der Waals surface area contributed by atoms with Crippen molar-refractivity contribution >= 4 is 38.8 Å². The van der Waals surface area contributed by atoms with Gasteiger partial charge in [0.25, 0.3) is 0 Å². The zero-order valence-corrected chi connectivity index (χ0v) is 24.6. The lowest BCUT2D eigenvalue weighted by Gasteiger charge is -2.27. The smallest absolute Gasteiger partial charge is 0.342 e. The van der Waals surface area contributed by atoms with Crippen molar-refractivity contribution in [1.29, 1.82) is 0 Å². The van der Waals surface area contributed by atoms with Crippen molar-refractivity contribution in [3.63, 3.8) is 0 Å². The number of ether oxygens (including phenoxy) is 2. The van der Waals surface area contributed by atoms with E-state index >= 15 is 0 Å². The number of aryl methyl sites for hydroxylation is 1. The Kier molecular flexibility index (Phi) is 7.79. The average Bonchev–Trinajstić information content (AvgIpc) is 3.70. The molecule has 8 nitrogen and oxygen atoms in total. The molecular formula is C30H32ClN3O5S. The van der Waals surface area contributed by atoms with Crippen molar-refractivity contribution in [2.24, 2.45) is 0 Å². The molecule has 0 unspecified atom stereocenters. The third-order valence-corrected chi connectivity index (χ3v) is 8.51. The molecule has 0 atom stereocenters. The highest BCUT2D eigenvalue weighted by atomic mass is 35.5. The van der Waals surface area contributed by atoms with E-state index in [2.05, 4.69) is 0 Å². The number of aromatic nitrogens is 2. The molecule has 2 aromatic carbocycles. The number of esters is 1. The number of benzene rings is 2. The highest BCUT2D eigenvalue weighted by Crippen LogP contribution is 2.49. The number of fused-ring (bicyclic) bond motifs is 1. The molecule has 0 bridgehead atoms. The zero-order valence-electron chi connectivity index (χ0n) is 23.0. The Morgan fingerprint density at radius 3 is 2.33 bits per heavy atom. The SMILES string of the molecule is CCOC(=O)c1c(-c2ccc(Cl)cc2)nn2cc(N(Cc3ccc(OC)cc3)S(C)(=O)=O)c(C3CC3)c(CC)c12. The summed E-state index contributed by atoms with van der Waals surface area (Å²) >= 11 is 6.14. The molecule has 1 fully saturated rings. The van der Waals surface area contributed by atoms with Gasteiger partial charge >= 0.3 is 5.97 Å². The highest BCUT2D eigenvalue weighted by molar-refractivity contribution is 7.92. The lowest BCUT2D eigenvalue weighted by molar-refractivity contribution is 0.0529. The number of halogens is 1. The van der Waals surface area contributed by atoms with Gasteiger partial charge in [-0.1, -0.05) is 42.8 Å². The van der Waals surface area contributed by atoms with Crippen molar-refractivity contribution in [2.75, 3.05) is 24.3 Å². The van der Waals surface area contributed by atoms with Crippen molar-refractivity contribution in [1.82, 2.24) is 9.61 Å². The predicted molar refractivity (Wildman–Crippen MR) is 157 cm³/mol. The summed E-state index contributed by atoms with van der Waals surface area (Å²) in [7, 11) is -2.09. The third kappa shape index (κ3) is 5.40. The Morgan fingerprint density at radius 2 is 1.77 bits per heavy atom. The van der Waals surface area contributed by atoms with Crippen LogP contribution in [0, 0.1) is 0 Å². The van der Waals surface area contributed by atoms with Crippen molar-refractivity contribution in [2.45, 2.75) is 45.6 Å². The molecule has 0 spiro atoms. The number of methoxy groups -OCH3 is 1. The molecule has 40 heavy (non-hydrogen) atoms. The maximum atomic E-state index is 13.4. The van der Waals surface area contributed by atoms with E-state index in [9.17, 15) is 13.2 Å². The largest absolute Gasteiger partial charge is 0.497 e. The second-order valence-corrected chi connectivity index (χ2v) is 12.2. The van der Waals surface area contributed by atoms with E-state index in [4.69, 9.17) is 26.2 Å². The second-order valence-electron chi connectivity index (χ2n) is 9.90. The van der Waals surface area contributed by atoms with Gasteiger partial charge in [0.05, 0.1) is 43.9 Å². The molecule has 1 aliphatic rings. The predicted octanol–water partition coefficient (Wildman–Crippen LogP) is 6.25. The Balaban J connectivity index is 1.78. The van der Waals surface area contributed by atoms with Crippen LogP contribution in [0.15, 0.2) is 54.7 Å². The summed E-state index contributed by atoms with van der Waals surface area (Å²) in [5.74, 6) is 0.421. The van der Waals surface area contributed by atoms with Crippen LogP contribution in [0.2, 0.25) is 5.02 Å². The van der Waals surface area contributed by atoms with Crippen LogP contribution in [-0.2, 0) is 27.7 Å². The first-order valence-electron chi connectivity index (χ1n) is 13.3. The molecule has 210 valence electrons. The number of hydrogen-bond acceptors (Lipinski definition) is 6. The Hall–Kier alpha value is -3.56. The van der Waals surface area contributed by atoms with Crippen molar-refractivity contribution < 1.29 is 22.7 Å². The fourth-order valence-corrected chi connectivity index (χ4v) is 6.17. The first-order chi connectivity index (χ1) is 19.2. The molecule has 4 aromatic rings. The minimum Gasteiger partial charge on any atom is -0.497 e. The van der Waals surface area contributed by atoms with E-state index in [1.165, 1.54) is 10.6 Å². The number of pyridine rings is 1. The zero-order chi connectivity index (χ0) is 28.6. The van der Waals surface area contributed by atoms with Gasteiger partial charge in [-0.25, -0.2) is 17.7 Å². The van der Waals surface area contributed by atoms with Crippen LogP contribution in [0.3, 0.4) is 0 Å². The highest BCUT2D eigenvalue weighted by Gasteiger charge is 2.36. The van der Waals surface area contributed by atoms with Gasteiger partial charge in [-0.2, -0.15) is 5.10 Å². The Labute approximate surface area is 239 Å². The molecule has 2 aromatic heterocycles. The lowest BCUT2D eigenvalue weighted by Crippen LogP contribution is -2.31. The van der Waals surface area contributed by atoms with E-state index in [0.29, 0.717) is 45.2 Å². The first-order valence-corrected chi connectivity index (χ1v) is 15.5. The lowest BCUT2D eigenvalue weighted by atomic mass is 9.96. The normalized spacial score (nSPS) is 13.4. The topological polar surface area (TPSA) is 90.2 Å². The van der Waals surface area contributed by atoms with Crippen LogP contribution in [0.5, 0.6) is 5.75 Å². The Morgan fingerprint density at radius 1 is 1.10 bits per heavy atom. The van der Waals surface area contributed by atoms with Crippen molar-refractivity contribution in [3.8, 4) is 17.0 Å². The molecule has 0 N–H and O–H groups in total. The maximum Gasteiger partial charge on any atom is 0.342 e. The molecule has 1 saturated carbocycles. The molecule has 5 rings (SSSR count). The summed E-state index contributed by atoms with van der Waals surface area (Å²) in [4.78, 5) is 13.4. The average molecular weight is 582 g/mol. The molecule has 0 saturated heterocycles. The third-order valence-electron chi connectivity index (χ3n) is 7.13. The van der Waals surface area contributed by atoms with Gasteiger partial charge in [-0.3, -0.25) is 4.31 Å². The van der Waals surface area contributed by atoms with Gasteiger partial charge in [0.1, 0.15) is 17.0 Å². The number of anilines is 1. The number of rotatable bonds is 10. The Bertz CT molecular complexity index is 1660. The quantitative estimate of drug-likeness (QED) is 0.206. The van der Waals surface area contributed by atoms with Crippen LogP contribution in [0.25, 0.3) is 16.8 Å². The van der Waals surface area contributed by atoms with Crippen LogP contribution >= 0.6 is 11.6 Å². The minimum absolute atomic E-state index is 0.146. The van der Waals surface area contributed by atoms with Gasteiger partial charge < -0.3 is 9.47 Å². The van der Waals surface area contributed by atoms with E-state index in [-0.39, 0.29) is 19.1 Å². The van der Waals surface area contributed by atoms with Gasteiger partial charge in [0.15, 0.2) is 0 Å². The monoisotopic (exact) mass is 581 g/mol. The molecule has 0 amide bonds. The number of sulfonamides is 1. The van der Waals surface area contributed by atoms with Gasteiger partial charge in [-0.05, 0) is 73.1 Å². The first kappa shape index (κ1) is 28.0. The number of carbonyl (C=O) groups excluding carboxylic acids is 1. The van der Waals surface area contributed by atoms with Crippen LogP contribution in [0.4, 0.5) is 5.69 Å². The molecule has 1 aliphatic carbocycles. The van der Waals surface area contributed by atoms with E-state index in [1.54, 1.807) is 36.9 Å². The van der Waals surface area contributed by atoms with Gasteiger partial charge in [0, 0.05) is 10.6 Å². The van der Waals surface area contributed by atoms with Crippen molar-refractivity contribution in [3.05, 3.63) is 82.0 Å². The van der Waals surface area contributed by atoms with Crippen LogP contribution in [0.1, 0.15) is 59.7 Å². The maximum absolute atomic E-state index is 13.4. The molecule has 10 heteroatoms. The van der Waals surface area contributed by atoms with E-state index < -0.39 is 16.0 Å². The van der Waals surface area contributed by atoms with Crippen LogP contribution < -0.4 is 9.04 Å². The molecule has 0 radical (unpaired) electrons. The van der Waals surface area contributed by atoms with Crippen LogP contribution in [-0.4, -0.2) is 44.0 Å². The molecule has 0 aliphatic heterocycles. The van der Waals surface area contributed by atoms with E-state index in [1.807, 2.05) is 43.3 Å². The number of nitrogens with zero attached hydrogens (tertiary/aromatic N) is 3. The van der Waals surface area contributed by atoms with Gasteiger partial charge in [0.2, 0.25) is 10.0 Å². The fourth-order valence-electron chi connectivity index (χ4n) is 5.15.